The Bertz CT molecular complexity index is 689. The first kappa shape index (κ1) is 18.1. The van der Waals surface area contributed by atoms with Gasteiger partial charge >= 0.3 is 0 Å². The predicted octanol–water partition coefficient (Wildman–Crippen LogP) is 0.866. The summed E-state index contributed by atoms with van der Waals surface area (Å²) >= 11 is 0. The van der Waals surface area contributed by atoms with E-state index >= 15 is 0 Å². The van der Waals surface area contributed by atoms with Gasteiger partial charge in [0.25, 0.3) is 15.9 Å². The molecule has 0 radical (unpaired) electrons. The van der Waals surface area contributed by atoms with E-state index in [2.05, 4.69) is 14.6 Å². The van der Waals surface area contributed by atoms with E-state index < -0.39 is 10.0 Å². The van der Waals surface area contributed by atoms with E-state index in [0.717, 1.165) is 26.1 Å². The van der Waals surface area contributed by atoms with Gasteiger partial charge in [0.1, 0.15) is 0 Å². The number of nitrogens with zero attached hydrogens (tertiary/aromatic N) is 3. The van der Waals surface area contributed by atoms with E-state index in [4.69, 9.17) is 0 Å². The number of carbonyl (C=O) groups is 1. The van der Waals surface area contributed by atoms with Crippen molar-refractivity contribution in [2.45, 2.75) is 32.1 Å². The first-order valence-corrected chi connectivity index (χ1v) is 10.6. The normalized spacial score (nSPS) is 23.3. The highest BCUT2D eigenvalue weighted by Crippen LogP contribution is 2.17. The first-order chi connectivity index (χ1) is 12.1. The molecule has 1 saturated heterocycles. The number of amidine groups is 1. The highest BCUT2D eigenvalue weighted by atomic mass is 32.2. The molecule has 3 heterocycles. The molecular formula is C17H26N4O3S. The molecule has 0 aromatic carbocycles. The largest absolute Gasteiger partial charge is 0.352 e. The monoisotopic (exact) mass is 366 g/mol. The van der Waals surface area contributed by atoms with Gasteiger partial charge in [0.05, 0.1) is 11.3 Å². The zero-order chi connectivity index (χ0) is 17.7. The second kappa shape index (κ2) is 8.14. The maximum Gasteiger partial charge on any atom is 0.256 e. The zero-order valence-electron chi connectivity index (χ0n) is 14.5. The lowest BCUT2D eigenvalue weighted by Gasteiger charge is -2.28. The molecule has 0 bridgehead atoms. The lowest BCUT2D eigenvalue weighted by Crippen LogP contribution is -2.42. The molecule has 7 nitrogen and oxygen atoms in total. The van der Waals surface area contributed by atoms with Crippen molar-refractivity contribution in [1.29, 1.82) is 0 Å². The number of hydrogen-bond acceptors (Lipinski definition) is 5. The maximum atomic E-state index is 12.4. The number of hydrogen-bond donors (Lipinski definition) is 1. The van der Waals surface area contributed by atoms with E-state index in [9.17, 15) is 13.2 Å². The van der Waals surface area contributed by atoms with Crippen molar-refractivity contribution in [2.75, 3.05) is 38.5 Å². The average Bonchev–Trinajstić information content (AvgIpc) is 2.86. The molecule has 1 fully saturated rings. The van der Waals surface area contributed by atoms with Crippen LogP contribution in [0.5, 0.6) is 0 Å². The summed E-state index contributed by atoms with van der Waals surface area (Å²) in [6, 6.07) is 0. The lowest BCUT2D eigenvalue weighted by molar-refractivity contribution is -0.117. The van der Waals surface area contributed by atoms with E-state index in [1.807, 2.05) is 0 Å². The Labute approximate surface area is 149 Å². The van der Waals surface area contributed by atoms with Gasteiger partial charge in [-0.3, -0.25) is 4.79 Å². The smallest absolute Gasteiger partial charge is 0.256 e. The van der Waals surface area contributed by atoms with Crippen LogP contribution in [0.25, 0.3) is 0 Å². The van der Waals surface area contributed by atoms with E-state index in [0.29, 0.717) is 18.7 Å². The van der Waals surface area contributed by atoms with Crippen LogP contribution in [-0.2, 0) is 14.8 Å². The van der Waals surface area contributed by atoms with Gasteiger partial charge in [-0.1, -0.05) is 12.8 Å². The second-order valence-electron chi connectivity index (χ2n) is 6.68. The molecule has 8 heteroatoms. The van der Waals surface area contributed by atoms with E-state index in [1.54, 1.807) is 23.3 Å². The van der Waals surface area contributed by atoms with Crippen molar-refractivity contribution in [3.05, 3.63) is 23.9 Å². The molecule has 25 heavy (non-hydrogen) atoms. The Morgan fingerprint density at radius 3 is 2.68 bits per heavy atom. The summed E-state index contributed by atoms with van der Waals surface area (Å²) in [6.45, 7) is 4.19. The van der Waals surface area contributed by atoms with Gasteiger partial charge in [0.15, 0.2) is 5.84 Å². The van der Waals surface area contributed by atoms with Crippen LogP contribution < -0.4 is 5.32 Å². The predicted molar refractivity (Wildman–Crippen MR) is 97.7 cm³/mol. The summed E-state index contributed by atoms with van der Waals surface area (Å²) in [5, 5.41) is 2.90. The van der Waals surface area contributed by atoms with Gasteiger partial charge in [-0.2, -0.15) is 0 Å². The van der Waals surface area contributed by atoms with E-state index in [-0.39, 0.29) is 17.5 Å². The Hall–Kier alpha value is -1.67. The molecule has 0 aliphatic carbocycles. The molecular weight excluding hydrogens is 340 g/mol. The van der Waals surface area contributed by atoms with Crippen LogP contribution in [0, 0.1) is 0 Å². The number of allylic oxidation sites excluding steroid dienone is 2. The molecule has 0 spiro atoms. The van der Waals surface area contributed by atoms with Crippen molar-refractivity contribution in [3.63, 3.8) is 0 Å². The standard InChI is InChI=1S/C17H26N4O3S/c22-17(18-8-6-11-20-9-3-1-2-4-10-20)15-7-5-12-21-13-14-25(23,24)19-16(15)21/h5,7,12H,1-4,6,8-11,13-14H2,(H,18,22). The molecule has 0 aromatic rings. The summed E-state index contributed by atoms with van der Waals surface area (Å²) in [6.07, 6.45) is 11.2. The number of nitrogens with one attached hydrogen (secondary N) is 1. The van der Waals surface area contributed by atoms with Crippen molar-refractivity contribution >= 4 is 21.8 Å². The third kappa shape index (κ3) is 4.92. The number of amides is 1. The topological polar surface area (TPSA) is 82.1 Å². The quantitative estimate of drug-likeness (QED) is 0.730. The first-order valence-electron chi connectivity index (χ1n) is 9.04. The Morgan fingerprint density at radius 1 is 1.16 bits per heavy atom. The molecule has 0 atom stereocenters. The molecule has 3 aliphatic rings. The fourth-order valence-corrected chi connectivity index (χ4v) is 4.34. The van der Waals surface area contributed by atoms with Crippen LogP contribution in [0.15, 0.2) is 28.3 Å². The van der Waals surface area contributed by atoms with Gasteiger partial charge in [0, 0.05) is 19.3 Å². The average molecular weight is 366 g/mol. The second-order valence-corrected chi connectivity index (χ2v) is 8.44. The lowest BCUT2D eigenvalue weighted by atomic mass is 10.1. The number of fused-ring (bicyclic) bond motifs is 1. The third-order valence-electron chi connectivity index (χ3n) is 4.74. The van der Waals surface area contributed by atoms with Crippen LogP contribution in [0.3, 0.4) is 0 Å². The maximum absolute atomic E-state index is 12.4. The molecule has 0 aromatic heterocycles. The minimum Gasteiger partial charge on any atom is -0.352 e. The van der Waals surface area contributed by atoms with Gasteiger partial charge < -0.3 is 15.1 Å². The van der Waals surface area contributed by atoms with Crippen molar-refractivity contribution < 1.29 is 13.2 Å². The van der Waals surface area contributed by atoms with Gasteiger partial charge in [-0.25, -0.2) is 8.42 Å². The summed E-state index contributed by atoms with van der Waals surface area (Å²) in [5.74, 6) is -0.0502. The molecule has 3 rings (SSSR count). The number of sulfonamides is 1. The van der Waals surface area contributed by atoms with Crippen LogP contribution in [0.1, 0.15) is 32.1 Å². The zero-order valence-corrected chi connectivity index (χ0v) is 15.3. The Morgan fingerprint density at radius 2 is 1.92 bits per heavy atom. The van der Waals surface area contributed by atoms with Crippen LogP contribution in [0.2, 0.25) is 0 Å². The minimum absolute atomic E-state index is 0.0222. The SMILES string of the molecule is O=C(NCCCN1CCCCCC1)C1=CC=CN2CCS(=O)(=O)N=C12. The molecule has 1 amide bonds. The molecule has 0 unspecified atom stereocenters. The van der Waals surface area contributed by atoms with Gasteiger partial charge in [-0.15, -0.1) is 4.40 Å². The summed E-state index contributed by atoms with van der Waals surface area (Å²) in [4.78, 5) is 16.6. The highest BCUT2D eigenvalue weighted by Gasteiger charge is 2.29. The Balaban J connectivity index is 1.51. The number of likely N-dealkylation sites (tertiary alicyclic amines) is 1. The fraction of sp³-hybridized carbons (Fsp3) is 0.647. The van der Waals surface area contributed by atoms with Crippen molar-refractivity contribution in [2.24, 2.45) is 4.40 Å². The van der Waals surface area contributed by atoms with Crippen LogP contribution in [0.4, 0.5) is 0 Å². The number of carbonyl (C=O) groups excluding carboxylic acids is 1. The van der Waals surface area contributed by atoms with Gasteiger partial charge in [-0.05, 0) is 51.0 Å². The van der Waals surface area contributed by atoms with Gasteiger partial charge in [0.2, 0.25) is 0 Å². The summed E-state index contributed by atoms with van der Waals surface area (Å²) in [5.41, 5.74) is 0.320. The molecule has 3 aliphatic heterocycles. The van der Waals surface area contributed by atoms with Crippen molar-refractivity contribution in [1.82, 2.24) is 15.1 Å². The molecule has 138 valence electrons. The van der Waals surface area contributed by atoms with Crippen LogP contribution >= 0.6 is 0 Å². The molecule has 0 saturated carbocycles. The van der Waals surface area contributed by atoms with Crippen LogP contribution in [-0.4, -0.2) is 68.4 Å². The highest BCUT2D eigenvalue weighted by molar-refractivity contribution is 7.90. The fourth-order valence-electron chi connectivity index (χ4n) is 3.35. The summed E-state index contributed by atoms with van der Waals surface area (Å²) < 4.78 is 27.2. The van der Waals surface area contributed by atoms with Crippen molar-refractivity contribution in [3.8, 4) is 0 Å². The molecule has 1 N–H and O–H groups in total. The Kier molecular flexibility index (Phi) is 5.90. The minimum atomic E-state index is -3.48. The third-order valence-corrected chi connectivity index (χ3v) is 5.89. The van der Waals surface area contributed by atoms with E-state index in [1.165, 1.54) is 25.7 Å². The summed E-state index contributed by atoms with van der Waals surface area (Å²) in [7, 11) is -3.48. The number of rotatable bonds is 5.